The van der Waals surface area contributed by atoms with Crippen LogP contribution < -0.4 is 9.80 Å². The summed E-state index contributed by atoms with van der Waals surface area (Å²) >= 11 is 0. The lowest BCUT2D eigenvalue weighted by atomic mass is 9.85. The molecule has 8 nitrogen and oxygen atoms in total. The van der Waals surface area contributed by atoms with Crippen LogP contribution in [0.25, 0.3) is 5.65 Å². The van der Waals surface area contributed by atoms with Gasteiger partial charge in [0, 0.05) is 44.5 Å². The normalized spacial score (nSPS) is 18.3. The predicted octanol–water partition coefficient (Wildman–Crippen LogP) is 2.46. The van der Waals surface area contributed by atoms with Gasteiger partial charge in [-0.15, -0.1) is 15.3 Å². The van der Waals surface area contributed by atoms with Gasteiger partial charge in [0.1, 0.15) is 5.82 Å². The summed E-state index contributed by atoms with van der Waals surface area (Å²) in [4.78, 5) is 13.7. The van der Waals surface area contributed by atoms with E-state index in [2.05, 4.69) is 43.0 Å². The molecule has 1 aliphatic carbocycles. The van der Waals surface area contributed by atoms with Gasteiger partial charge in [0.2, 0.25) is 5.95 Å². The molecule has 1 aliphatic heterocycles. The molecule has 1 saturated heterocycles. The molecule has 0 amide bonds. The largest absolute Gasteiger partial charge is 0.353 e. The van der Waals surface area contributed by atoms with Crippen molar-refractivity contribution in [3.05, 3.63) is 35.9 Å². The molecule has 146 valence electrons. The van der Waals surface area contributed by atoms with E-state index in [1.54, 1.807) is 0 Å². The van der Waals surface area contributed by atoms with Crippen molar-refractivity contribution in [2.24, 2.45) is 0 Å². The highest BCUT2D eigenvalue weighted by molar-refractivity contribution is 5.47. The predicted molar refractivity (Wildman–Crippen MR) is 108 cm³/mol. The van der Waals surface area contributed by atoms with Crippen LogP contribution in [-0.4, -0.2) is 56.0 Å². The summed E-state index contributed by atoms with van der Waals surface area (Å²) in [6.45, 7) is 5.85. The van der Waals surface area contributed by atoms with E-state index < -0.39 is 0 Å². The first kappa shape index (κ1) is 17.3. The van der Waals surface area contributed by atoms with E-state index >= 15 is 0 Å². The quantitative estimate of drug-likeness (QED) is 0.690. The van der Waals surface area contributed by atoms with Crippen LogP contribution in [0.2, 0.25) is 0 Å². The second kappa shape index (κ2) is 7.33. The zero-order chi connectivity index (χ0) is 18.9. The summed E-state index contributed by atoms with van der Waals surface area (Å²) in [7, 11) is 0. The zero-order valence-corrected chi connectivity index (χ0v) is 16.3. The average molecular weight is 378 g/mol. The summed E-state index contributed by atoms with van der Waals surface area (Å²) in [5, 5.41) is 13.6. The Balaban J connectivity index is 1.34. The van der Waals surface area contributed by atoms with Gasteiger partial charge >= 0.3 is 0 Å². The number of fused-ring (bicyclic) bond motifs is 1. The summed E-state index contributed by atoms with van der Waals surface area (Å²) in [6.07, 6.45) is 9.57. The number of aromatic nitrogens is 6. The Morgan fingerprint density at radius 3 is 2.46 bits per heavy atom. The molecule has 3 aromatic heterocycles. The van der Waals surface area contributed by atoms with Crippen molar-refractivity contribution in [1.29, 1.82) is 0 Å². The highest BCUT2D eigenvalue weighted by Gasteiger charge is 2.26. The molecule has 1 saturated carbocycles. The minimum absolute atomic E-state index is 0.514. The molecule has 3 aromatic rings. The number of anilines is 2. The molecular weight excluding hydrogens is 352 g/mol. The van der Waals surface area contributed by atoms with E-state index in [4.69, 9.17) is 5.10 Å². The van der Waals surface area contributed by atoms with Crippen molar-refractivity contribution in [1.82, 2.24) is 29.8 Å². The van der Waals surface area contributed by atoms with Crippen molar-refractivity contribution < 1.29 is 0 Å². The van der Waals surface area contributed by atoms with Gasteiger partial charge < -0.3 is 9.80 Å². The molecular formula is C20H26N8. The fourth-order valence-corrected chi connectivity index (χ4v) is 3.93. The third kappa shape index (κ3) is 3.16. The van der Waals surface area contributed by atoms with Crippen LogP contribution in [0.1, 0.15) is 49.9 Å². The van der Waals surface area contributed by atoms with Crippen LogP contribution in [0, 0.1) is 0 Å². The topological polar surface area (TPSA) is 75.3 Å². The molecule has 8 heteroatoms. The van der Waals surface area contributed by atoms with Gasteiger partial charge in [-0.3, -0.25) is 0 Å². The number of aryl methyl sites for hydroxylation is 1. The van der Waals surface area contributed by atoms with E-state index in [9.17, 15) is 0 Å². The number of hydrogen-bond acceptors (Lipinski definition) is 7. The minimum Gasteiger partial charge on any atom is -0.353 e. The van der Waals surface area contributed by atoms with Crippen molar-refractivity contribution in [2.45, 2.75) is 44.9 Å². The first-order chi connectivity index (χ1) is 13.8. The molecule has 0 radical (unpaired) electrons. The highest BCUT2D eigenvalue weighted by Crippen LogP contribution is 2.35. The number of hydrogen-bond donors (Lipinski definition) is 0. The molecule has 4 heterocycles. The lowest BCUT2D eigenvalue weighted by Crippen LogP contribution is -2.32. The van der Waals surface area contributed by atoms with Crippen LogP contribution in [0.15, 0.2) is 24.5 Å². The van der Waals surface area contributed by atoms with Gasteiger partial charge in [0.15, 0.2) is 11.5 Å². The first-order valence-corrected chi connectivity index (χ1v) is 10.3. The van der Waals surface area contributed by atoms with Crippen LogP contribution in [0.3, 0.4) is 0 Å². The molecule has 0 N–H and O–H groups in total. The standard InChI is InChI=1S/C20H26N8/c1-2-15-13-21-20(22-14-15)27-10-4-9-26(11-12-27)18-8-7-17-23-24-19(28(17)25-18)16-5-3-6-16/h7-8,13-14,16H,2-6,9-12H2,1H3. The molecule has 2 fully saturated rings. The Hall–Kier alpha value is -2.77. The first-order valence-electron chi connectivity index (χ1n) is 10.3. The fraction of sp³-hybridized carbons (Fsp3) is 0.550. The summed E-state index contributed by atoms with van der Waals surface area (Å²) < 4.78 is 1.95. The van der Waals surface area contributed by atoms with Gasteiger partial charge in [-0.05, 0) is 43.4 Å². The van der Waals surface area contributed by atoms with Crippen LogP contribution in [0.5, 0.6) is 0 Å². The van der Waals surface area contributed by atoms with E-state index in [1.165, 1.54) is 24.8 Å². The lowest BCUT2D eigenvalue weighted by molar-refractivity contribution is 0.395. The lowest BCUT2D eigenvalue weighted by Gasteiger charge is -2.24. The maximum Gasteiger partial charge on any atom is 0.225 e. The molecule has 28 heavy (non-hydrogen) atoms. The van der Waals surface area contributed by atoms with Crippen molar-refractivity contribution in [3.8, 4) is 0 Å². The Labute approximate surface area is 164 Å². The molecule has 0 aromatic carbocycles. The number of nitrogens with zero attached hydrogens (tertiary/aromatic N) is 8. The van der Waals surface area contributed by atoms with Crippen molar-refractivity contribution in [2.75, 3.05) is 36.0 Å². The van der Waals surface area contributed by atoms with Crippen LogP contribution >= 0.6 is 0 Å². The Kier molecular flexibility index (Phi) is 4.54. The zero-order valence-electron chi connectivity index (χ0n) is 16.3. The van der Waals surface area contributed by atoms with E-state index in [1.807, 2.05) is 23.0 Å². The SMILES string of the molecule is CCc1cnc(N2CCCN(c3ccc4nnc(C5CCC5)n4n3)CC2)nc1. The molecule has 0 spiro atoms. The van der Waals surface area contributed by atoms with Gasteiger partial charge in [-0.1, -0.05) is 13.3 Å². The van der Waals surface area contributed by atoms with Crippen LogP contribution in [0.4, 0.5) is 11.8 Å². The third-order valence-corrected chi connectivity index (χ3v) is 5.95. The monoisotopic (exact) mass is 378 g/mol. The van der Waals surface area contributed by atoms with Crippen LogP contribution in [-0.2, 0) is 6.42 Å². The smallest absolute Gasteiger partial charge is 0.225 e. The minimum atomic E-state index is 0.514. The summed E-state index contributed by atoms with van der Waals surface area (Å²) in [6, 6.07) is 4.10. The molecule has 0 atom stereocenters. The Bertz CT molecular complexity index is 946. The number of rotatable bonds is 4. The third-order valence-electron chi connectivity index (χ3n) is 5.95. The van der Waals surface area contributed by atoms with Gasteiger partial charge in [0.25, 0.3) is 0 Å². The summed E-state index contributed by atoms with van der Waals surface area (Å²) in [5.74, 6) is 3.36. The summed E-state index contributed by atoms with van der Waals surface area (Å²) in [5.41, 5.74) is 2.01. The average Bonchev–Trinajstić information content (AvgIpc) is 2.94. The second-order valence-corrected chi connectivity index (χ2v) is 7.72. The fourth-order valence-electron chi connectivity index (χ4n) is 3.93. The van der Waals surface area contributed by atoms with Gasteiger partial charge in [0.05, 0.1) is 0 Å². The van der Waals surface area contributed by atoms with E-state index in [0.717, 1.165) is 62.3 Å². The molecule has 0 bridgehead atoms. The molecule has 0 unspecified atom stereocenters. The van der Waals surface area contributed by atoms with Gasteiger partial charge in [-0.2, -0.15) is 4.52 Å². The van der Waals surface area contributed by atoms with Crippen molar-refractivity contribution in [3.63, 3.8) is 0 Å². The maximum absolute atomic E-state index is 4.89. The molecule has 2 aliphatic rings. The highest BCUT2D eigenvalue weighted by atomic mass is 15.4. The maximum atomic E-state index is 4.89. The second-order valence-electron chi connectivity index (χ2n) is 7.72. The molecule has 5 rings (SSSR count). The van der Waals surface area contributed by atoms with Gasteiger partial charge in [-0.25, -0.2) is 9.97 Å². The Morgan fingerprint density at radius 2 is 1.71 bits per heavy atom. The van der Waals surface area contributed by atoms with E-state index in [-0.39, 0.29) is 0 Å². The van der Waals surface area contributed by atoms with Crippen molar-refractivity contribution >= 4 is 17.4 Å². The van der Waals surface area contributed by atoms with E-state index in [0.29, 0.717) is 5.92 Å². The Morgan fingerprint density at radius 1 is 0.929 bits per heavy atom.